The van der Waals surface area contributed by atoms with E-state index in [0.717, 1.165) is 21.8 Å². The van der Waals surface area contributed by atoms with Gasteiger partial charge in [-0.05, 0) is 48.3 Å². The molecule has 7 nitrogen and oxygen atoms in total. The summed E-state index contributed by atoms with van der Waals surface area (Å²) >= 11 is 7.39. The molecule has 1 saturated carbocycles. The molecule has 2 aliphatic rings. The minimum absolute atomic E-state index is 0.0564. The molecule has 1 aromatic heterocycles. The maximum Gasteiger partial charge on any atom is 0.325 e. The van der Waals surface area contributed by atoms with Gasteiger partial charge in [0.05, 0.1) is 0 Å². The Morgan fingerprint density at radius 1 is 1.34 bits per heavy atom. The number of imide groups is 1. The van der Waals surface area contributed by atoms with Gasteiger partial charge in [0.25, 0.3) is 5.91 Å². The molecule has 1 saturated heterocycles. The molecule has 2 aromatic rings. The average molecular weight is 475 g/mol. The van der Waals surface area contributed by atoms with Crippen LogP contribution in [0.5, 0.6) is 0 Å². The smallest absolute Gasteiger partial charge is 0.323 e. The second-order valence-corrected chi connectivity index (χ2v) is 11.3. The molecule has 1 spiro atoms. The number of thiazole rings is 1. The number of amides is 4. The summed E-state index contributed by atoms with van der Waals surface area (Å²) in [5.74, 6) is -0.444. The van der Waals surface area contributed by atoms with Crippen LogP contribution in [0.4, 0.5) is 9.93 Å². The molecule has 4 amide bonds. The van der Waals surface area contributed by atoms with Gasteiger partial charge in [-0.3, -0.25) is 14.5 Å². The van der Waals surface area contributed by atoms with E-state index in [1.807, 2.05) is 24.3 Å². The quantitative estimate of drug-likeness (QED) is 0.626. The van der Waals surface area contributed by atoms with E-state index in [-0.39, 0.29) is 17.9 Å². The SMILES string of the molecule is CC1CC(C)(C)CC2(C1)NC(=O)N(CC(=O)Nc1ncc(Cc3cccc(Cl)c3)s1)C2=O. The van der Waals surface area contributed by atoms with Crippen LogP contribution in [0, 0.1) is 11.3 Å². The van der Waals surface area contributed by atoms with Gasteiger partial charge in [0.15, 0.2) is 5.13 Å². The molecule has 2 heterocycles. The predicted molar refractivity (Wildman–Crippen MR) is 125 cm³/mol. The lowest BCUT2D eigenvalue weighted by molar-refractivity contribution is -0.136. The molecule has 170 valence electrons. The molecule has 0 bridgehead atoms. The first kappa shape index (κ1) is 22.7. The summed E-state index contributed by atoms with van der Waals surface area (Å²) in [5, 5.41) is 6.71. The van der Waals surface area contributed by atoms with Crippen molar-refractivity contribution in [1.29, 1.82) is 0 Å². The van der Waals surface area contributed by atoms with Crippen molar-refractivity contribution in [3.63, 3.8) is 0 Å². The maximum atomic E-state index is 13.2. The highest BCUT2D eigenvalue weighted by atomic mass is 35.5. The minimum Gasteiger partial charge on any atom is -0.323 e. The average Bonchev–Trinajstić information content (AvgIpc) is 3.17. The number of halogens is 1. The van der Waals surface area contributed by atoms with E-state index in [2.05, 4.69) is 36.4 Å². The molecule has 1 aliphatic heterocycles. The van der Waals surface area contributed by atoms with Crippen molar-refractivity contribution in [3.05, 3.63) is 45.9 Å². The second-order valence-electron chi connectivity index (χ2n) is 9.74. The number of benzene rings is 1. The lowest BCUT2D eigenvalue weighted by Crippen LogP contribution is -2.54. The minimum atomic E-state index is -0.913. The first-order chi connectivity index (χ1) is 15.1. The topological polar surface area (TPSA) is 91.4 Å². The van der Waals surface area contributed by atoms with E-state index in [0.29, 0.717) is 35.3 Å². The highest BCUT2D eigenvalue weighted by Crippen LogP contribution is 2.46. The molecular formula is C23H27ClN4O3S. The van der Waals surface area contributed by atoms with Gasteiger partial charge < -0.3 is 10.6 Å². The van der Waals surface area contributed by atoms with E-state index in [9.17, 15) is 14.4 Å². The van der Waals surface area contributed by atoms with Gasteiger partial charge in [0.1, 0.15) is 12.1 Å². The van der Waals surface area contributed by atoms with Crippen molar-refractivity contribution < 1.29 is 14.4 Å². The van der Waals surface area contributed by atoms with Gasteiger partial charge in [-0.25, -0.2) is 9.78 Å². The van der Waals surface area contributed by atoms with Crippen LogP contribution in [0.1, 0.15) is 50.5 Å². The largest absolute Gasteiger partial charge is 0.325 e. The fourth-order valence-corrected chi connectivity index (χ4v) is 6.32. The van der Waals surface area contributed by atoms with Crippen molar-refractivity contribution in [1.82, 2.24) is 15.2 Å². The second kappa shape index (κ2) is 8.48. The number of carbonyl (C=O) groups is 3. The summed E-state index contributed by atoms with van der Waals surface area (Å²) in [5.41, 5.74) is 0.0801. The van der Waals surface area contributed by atoms with Crippen LogP contribution in [-0.2, 0) is 16.0 Å². The number of hydrogen-bond acceptors (Lipinski definition) is 5. The Bertz CT molecular complexity index is 1070. The summed E-state index contributed by atoms with van der Waals surface area (Å²) < 4.78 is 0. The summed E-state index contributed by atoms with van der Waals surface area (Å²) in [6.07, 6.45) is 4.53. The molecular weight excluding hydrogens is 448 g/mol. The normalized spacial score (nSPS) is 24.6. The van der Waals surface area contributed by atoms with Crippen molar-refractivity contribution >= 4 is 45.9 Å². The molecule has 2 N–H and O–H groups in total. The molecule has 4 rings (SSSR count). The van der Waals surface area contributed by atoms with E-state index in [1.165, 1.54) is 11.3 Å². The highest BCUT2D eigenvalue weighted by Gasteiger charge is 2.56. The third-order valence-electron chi connectivity index (χ3n) is 5.99. The number of rotatable bonds is 5. The molecule has 2 fully saturated rings. The van der Waals surface area contributed by atoms with Crippen LogP contribution >= 0.6 is 22.9 Å². The van der Waals surface area contributed by atoms with Crippen LogP contribution in [0.15, 0.2) is 30.5 Å². The number of nitrogens with zero attached hydrogens (tertiary/aromatic N) is 2. The number of nitrogens with one attached hydrogen (secondary N) is 2. The van der Waals surface area contributed by atoms with Crippen molar-refractivity contribution in [2.45, 2.75) is 52.0 Å². The van der Waals surface area contributed by atoms with Gasteiger partial charge in [0, 0.05) is 22.5 Å². The highest BCUT2D eigenvalue weighted by molar-refractivity contribution is 7.15. The molecule has 2 atom stereocenters. The van der Waals surface area contributed by atoms with Crippen molar-refractivity contribution in [2.24, 2.45) is 11.3 Å². The van der Waals surface area contributed by atoms with Crippen LogP contribution in [0.25, 0.3) is 0 Å². The monoisotopic (exact) mass is 474 g/mol. The molecule has 0 radical (unpaired) electrons. The summed E-state index contributed by atoms with van der Waals surface area (Å²) in [6.45, 7) is 6.00. The Morgan fingerprint density at radius 3 is 2.84 bits per heavy atom. The lowest BCUT2D eigenvalue weighted by Gasteiger charge is -2.43. The summed E-state index contributed by atoms with van der Waals surface area (Å²) in [7, 11) is 0. The lowest BCUT2D eigenvalue weighted by atomic mass is 9.64. The first-order valence-electron chi connectivity index (χ1n) is 10.7. The summed E-state index contributed by atoms with van der Waals surface area (Å²) in [4.78, 5) is 44.6. The van der Waals surface area contributed by atoms with Crippen molar-refractivity contribution in [3.8, 4) is 0 Å². The third kappa shape index (κ3) is 4.81. The van der Waals surface area contributed by atoms with Gasteiger partial charge in [-0.2, -0.15) is 0 Å². The standard InChI is InChI=1S/C23H27ClN4O3S/c1-14-9-22(2,3)13-23(10-14)19(30)28(21(31)27-23)12-18(29)26-20-25-11-17(32-20)8-15-5-4-6-16(24)7-15/h4-7,11,14H,8-10,12-13H2,1-3H3,(H,27,31)(H,25,26,29). The van der Waals surface area contributed by atoms with E-state index >= 15 is 0 Å². The fraction of sp³-hybridized carbons (Fsp3) is 0.478. The van der Waals surface area contributed by atoms with Gasteiger partial charge in [-0.15, -0.1) is 11.3 Å². The number of anilines is 1. The van der Waals surface area contributed by atoms with E-state index < -0.39 is 17.5 Å². The van der Waals surface area contributed by atoms with E-state index in [4.69, 9.17) is 11.6 Å². The molecule has 1 aliphatic carbocycles. The molecule has 9 heteroatoms. The number of hydrogen-bond donors (Lipinski definition) is 2. The van der Waals surface area contributed by atoms with Crippen LogP contribution < -0.4 is 10.6 Å². The number of aromatic nitrogens is 1. The Morgan fingerprint density at radius 2 is 2.12 bits per heavy atom. The molecule has 32 heavy (non-hydrogen) atoms. The third-order valence-corrected chi connectivity index (χ3v) is 7.14. The molecule has 1 aromatic carbocycles. The Labute approximate surface area is 196 Å². The van der Waals surface area contributed by atoms with Crippen LogP contribution in [0.3, 0.4) is 0 Å². The number of carbonyl (C=O) groups excluding carboxylic acids is 3. The van der Waals surface area contributed by atoms with Gasteiger partial charge in [-0.1, -0.05) is 44.5 Å². The zero-order valence-electron chi connectivity index (χ0n) is 18.4. The zero-order chi connectivity index (χ0) is 23.1. The predicted octanol–water partition coefficient (Wildman–Crippen LogP) is 4.46. The Kier molecular flexibility index (Phi) is 6.02. The number of urea groups is 1. The van der Waals surface area contributed by atoms with Crippen molar-refractivity contribution in [2.75, 3.05) is 11.9 Å². The maximum absolute atomic E-state index is 13.2. The Balaban J connectivity index is 1.39. The van der Waals surface area contributed by atoms with Gasteiger partial charge in [0.2, 0.25) is 5.91 Å². The zero-order valence-corrected chi connectivity index (χ0v) is 20.0. The Hall–Kier alpha value is -2.45. The molecule has 2 unspecified atom stereocenters. The van der Waals surface area contributed by atoms with E-state index in [1.54, 1.807) is 6.20 Å². The fourth-order valence-electron chi connectivity index (χ4n) is 5.25. The van der Waals surface area contributed by atoms with Crippen LogP contribution in [-0.4, -0.2) is 39.8 Å². The summed E-state index contributed by atoms with van der Waals surface area (Å²) in [6, 6.07) is 7.07. The van der Waals surface area contributed by atoms with Crippen LogP contribution in [0.2, 0.25) is 5.02 Å². The van der Waals surface area contributed by atoms with Gasteiger partial charge >= 0.3 is 6.03 Å². The first-order valence-corrected chi connectivity index (χ1v) is 11.9.